The van der Waals surface area contributed by atoms with Crippen molar-refractivity contribution >= 4 is 15.9 Å². The Morgan fingerprint density at radius 1 is 1.00 bits per heavy atom. The van der Waals surface area contributed by atoms with Crippen LogP contribution in [0.4, 0.5) is 0 Å². The van der Waals surface area contributed by atoms with Crippen LogP contribution in [0.3, 0.4) is 0 Å². The highest BCUT2D eigenvalue weighted by atomic mass is 32.2. The summed E-state index contributed by atoms with van der Waals surface area (Å²) in [5, 5.41) is 0. The summed E-state index contributed by atoms with van der Waals surface area (Å²) < 4.78 is 32.6. The molecule has 0 N–H and O–H groups in total. The second-order valence-electron chi connectivity index (χ2n) is 6.85. The quantitative estimate of drug-likeness (QED) is 0.745. The zero-order chi connectivity index (χ0) is 20.1. The normalized spacial score (nSPS) is 15.4. The van der Waals surface area contributed by atoms with E-state index in [1.807, 2.05) is 38.1 Å². The number of benzene rings is 2. The summed E-state index contributed by atoms with van der Waals surface area (Å²) in [6.07, 6.45) is 0.833. The first-order valence-electron chi connectivity index (χ1n) is 9.47. The van der Waals surface area contributed by atoms with Crippen molar-refractivity contribution in [1.82, 2.24) is 9.21 Å². The predicted octanol–water partition coefficient (Wildman–Crippen LogP) is 2.47. The highest BCUT2D eigenvalue weighted by molar-refractivity contribution is 7.89. The molecular formula is C21H26N2O4S. The highest BCUT2D eigenvalue weighted by Crippen LogP contribution is 2.20. The minimum Gasteiger partial charge on any atom is -0.483 e. The number of piperazine rings is 1. The van der Waals surface area contributed by atoms with Crippen molar-refractivity contribution in [1.29, 1.82) is 0 Å². The molecule has 6 nitrogen and oxygen atoms in total. The van der Waals surface area contributed by atoms with Crippen LogP contribution >= 0.6 is 0 Å². The van der Waals surface area contributed by atoms with Gasteiger partial charge in [0, 0.05) is 26.2 Å². The van der Waals surface area contributed by atoms with E-state index < -0.39 is 10.0 Å². The number of rotatable bonds is 6. The molecule has 0 radical (unpaired) electrons. The van der Waals surface area contributed by atoms with Gasteiger partial charge in [-0.3, -0.25) is 4.79 Å². The van der Waals surface area contributed by atoms with Gasteiger partial charge in [0.15, 0.2) is 6.61 Å². The van der Waals surface area contributed by atoms with E-state index in [1.54, 1.807) is 29.2 Å². The minimum atomic E-state index is -3.53. The van der Waals surface area contributed by atoms with Crippen molar-refractivity contribution < 1.29 is 17.9 Å². The molecule has 1 aliphatic rings. The zero-order valence-electron chi connectivity index (χ0n) is 16.3. The van der Waals surface area contributed by atoms with Crippen molar-refractivity contribution in [3.8, 4) is 5.75 Å². The number of hydrogen-bond acceptors (Lipinski definition) is 4. The van der Waals surface area contributed by atoms with Gasteiger partial charge in [-0.1, -0.05) is 42.8 Å². The summed E-state index contributed by atoms with van der Waals surface area (Å²) in [5.74, 6) is 0.595. The Bertz CT molecular complexity index is 918. The summed E-state index contributed by atoms with van der Waals surface area (Å²) in [6.45, 7) is 5.22. The summed E-state index contributed by atoms with van der Waals surface area (Å²) in [5.41, 5.74) is 2.07. The first-order valence-corrected chi connectivity index (χ1v) is 10.9. The lowest BCUT2D eigenvalue weighted by atomic mass is 10.1. The van der Waals surface area contributed by atoms with Gasteiger partial charge in [-0.05, 0) is 37.1 Å². The van der Waals surface area contributed by atoms with Crippen LogP contribution in [0.2, 0.25) is 0 Å². The van der Waals surface area contributed by atoms with E-state index in [2.05, 4.69) is 0 Å². The lowest BCUT2D eigenvalue weighted by Crippen LogP contribution is -2.51. The number of sulfonamides is 1. The molecule has 0 spiro atoms. The number of hydrogen-bond donors (Lipinski definition) is 0. The van der Waals surface area contributed by atoms with E-state index in [4.69, 9.17) is 4.74 Å². The Morgan fingerprint density at radius 2 is 1.64 bits per heavy atom. The third-order valence-electron chi connectivity index (χ3n) is 4.95. The molecule has 2 aromatic carbocycles. The molecule has 0 aliphatic carbocycles. The number of aryl methyl sites for hydroxylation is 2. The Kier molecular flexibility index (Phi) is 6.36. The number of ether oxygens (including phenoxy) is 1. The van der Waals surface area contributed by atoms with Crippen LogP contribution in [0, 0.1) is 6.92 Å². The second kappa shape index (κ2) is 8.75. The molecule has 1 saturated heterocycles. The fourth-order valence-electron chi connectivity index (χ4n) is 3.20. The molecule has 150 valence electrons. The van der Waals surface area contributed by atoms with E-state index in [9.17, 15) is 13.2 Å². The van der Waals surface area contributed by atoms with Crippen molar-refractivity contribution in [3.63, 3.8) is 0 Å². The molecular weight excluding hydrogens is 376 g/mol. The topological polar surface area (TPSA) is 66.9 Å². The van der Waals surface area contributed by atoms with Gasteiger partial charge in [0.05, 0.1) is 4.90 Å². The maximum absolute atomic E-state index is 12.8. The second-order valence-corrected chi connectivity index (χ2v) is 8.79. The number of para-hydroxylation sites is 1. The summed E-state index contributed by atoms with van der Waals surface area (Å²) in [6, 6.07) is 14.5. The Balaban J connectivity index is 1.56. The van der Waals surface area contributed by atoms with Crippen molar-refractivity contribution in [3.05, 3.63) is 59.7 Å². The molecule has 28 heavy (non-hydrogen) atoms. The first kappa shape index (κ1) is 20.4. The lowest BCUT2D eigenvalue weighted by molar-refractivity contribution is -0.134. The summed E-state index contributed by atoms with van der Waals surface area (Å²) in [4.78, 5) is 14.4. The monoisotopic (exact) mass is 402 g/mol. The van der Waals surface area contributed by atoms with Crippen LogP contribution in [0.1, 0.15) is 18.1 Å². The van der Waals surface area contributed by atoms with Gasteiger partial charge >= 0.3 is 0 Å². The third kappa shape index (κ3) is 4.54. The largest absolute Gasteiger partial charge is 0.483 e. The van der Waals surface area contributed by atoms with Crippen LogP contribution < -0.4 is 4.74 Å². The average Bonchev–Trinajstić information content (AvgIpc) is 2.72. The average molecular weight is 403 g/mol. The van der Waals surface area contributed by atoms with Gasteiger partial charge in [0.1, 0.15) is 5.75 Å². The SMILES string of the molecule is CCc1ccccc1OCC(=O)N1CCN(S(=O)(=O)c2ccc(C)cc2)CC1. The number of carbonyl (C=O) groups is 1. The Hall–Kier alpha value is -2.38. The molecule has 0 atom stereocenters. The molecule has 0 saturated carbocycles. The molecule has 1 heterocycles. The first-order chi connectivity index (χ1) is 13.4. The number of nitrogens with zero attached hydrogens (tertiary/aromatic N) is 2. The maximum Gasteiger partial charge on any atom is 0.260 e. The molecule has 7 heteroatoms. The number of carbonyl (C=O) groups excluding carboxylic acids is 1. The fourth-order valence-corrected chi connectivity index (χ4v) is 4.63. The third-order valence-corrected chi connectivity index (χ3v) is 6.87. The van der Waals surface area contributed by atoms with Crippen LogP contribution in [0.25, 0.3) is 0 Å². The standard InChI is InChI=1S/C21H26N2O4S/c1-3-18-6-4-5-7-20(18)27-16-21(24)22-12-14-23(15-13-22)28(25,26)19-10-8-17(2)9-11-19/h4-11H,3,12-16H2,1-2H3. The minimum absolute atomic E-state index is 0.0400. The van der Waals surface area contributed by atoms with Crippen LogP contribution in [0.15, 0.2) is 53.4 Å². The Morgan fingerprint density at radius 3 is 2.29 bits per heavy atom. The van der Waals surface area contributed by atoms with Crippen molar-refractivity contribution in [2.75, 3.05) is 32.8 Å². The van der Waals surface area contributed by atoms with Gasteiger partial charge in [0.2, 0.25) is 10.0 Å². The van der Waals surface area contributed by atoms with E-state index >= 15 is 0 Å². The van der Waals surface area contributed by atoms with E-state index in [0.717, 1.165) is 23.3 Å². The number of amides is 1. The molecule has 2 aromatic rings. The van der Waals surface area contributed by atoms with Gasteiger partial charge in [-0.25, -0.2) is 8.42 Å². The fraction of sp³-hybridized carbons (Fsp3) is 0.381. The predicted molar refractivity (Wildman–Crippen MR) is 108 cm³/mol. The van der Waals surface area contributed by atoms with Crippen LogP contribution in [0.5, 0.6) is 5.75 Å². The molecule has 1 fully saturated rings. The van der Waals surface area contributed by atoms with Crippen LogP contribution in [-0.2, 0) is 21.2 Å². The Labute approximate surface area is 166 Å². The van der Waals surface area contributed by atoms with Gasteiger partial charge in [-0.15, -0.1) is 0 Å². The molecule has 0 aromatic heterocycles. The molecule has 0 unspecified atom stereocenters. The maximum atomic E-state index is 12.8. The molecule has 1 amide bonds. The van der Waals surface area contributed by atoms with Crippen molar-refractivity contribution in [2.24, 2.45) is 0 Å². The highest BCUT2D eigenvalue weighted by Gasteiger charge is 2.30. The van der Waals surface area contributed by atoms with E-state index in [0.29, 0.717) is 13.1 Å². The molecule has 3 rings (SSSR count). The summed E-state index contributed by atoms with van der Waals surface area (Å²) in [7, 11) is -3.53. The van der Waals surface area contributed by atoms with Gasteiger partial charge in [-0.2, -0.15) is 4.31 Å². The molecule has 1 aliphatic heterocycles. The van der Waals surface area contributed by atoms with Gasteiger partial charge in [0.25, 0.3) is 5.91 Å². The van der Waals surface area contributed by atoms with Crippen LogP contribution in [-0.4, -0.2) is 56.3 Å². The van der Waals surface area contributed by atoms with E-state index in [-0.39, 0.29) is 30.5 Å². The van der Waals surface area contributed by atoms with Gasteiger partial charge < -0.3 is 9.64 Å². The summed E-state index contributed by atoms with van der Waals surface area (Å²) >= 11 is 0. The smallest absolute Gasteiger partial charge is 0.260 e. The van der Waals surface area contributed by atoms with Crippen molar-refractivity contribution in [2.45, 2.75) is 25.2 Å². The van der Waals surface area contributed by atoms with E-state index in [1.165, 1.54) is 4.31 Å². The lowest BCUT2D eigenvalue weighted by Gasteiger charge is -2.34. The molecule has 0 bridgehead atoms. The zero-order valence-corrected chi connectivity index (χ0v) is 17.1.